The van der Waals surface area contributed by atoms with E-state index in [1.807, 2.05) is 25.1 Å². The maximum atomic E-state index is 12.7. The molecule has 3 amide bonds. The summed E-state index contributed by atoms with van der Waals surface area (Å²) in [5, 5.41) is 2.94. The number of nitrogens with one attached hydrogen (secondary N) is 1. The summed E-state index contributed by atoms with van der Waals surface area (Å²) in [5.74, 6) is 1.67. The summed E-state index contributed by atoms with van der Waals surface area (Å²) >= 11 is 0. The van der Waals surface area contributed by atoms with E-state index in [-0.39, 0.29) is 17.9 Å². The molecule has 0 spiro atoms. The first kappa shape index (κ1) is 20.7. The number of methoxy groups -OCH3 is 1. The number of hydrogen-bond acceptors (Lipinski definition) is 5. The van der Waals surface area contributed by atoms with Crippen molar-refractivity contribution in [3.63, 3.8) is 0 Å². The number of amides is 3. The predicted molar refractivity (Wildman–Crippen MR) is 110 cm³/mol. The summed E-state index contributed by atoms with van der Waals surface area (Å²) in [5.41, 5.74) is 2.06. The quantitative estimate of drug-likeness (QED) is 0.850. The Morgan fingerprint density at radius 3 is 2.55 bits per heavy atom. The number of aromatic nitrogens is 1. The molecule has 8 nitrogen and oxygen atoms in total. The van der Waals surface area contributed by atoms with Crippen molar-refractivity contribution >= 4 is 17.6 Å². The Kier molecular flexibility index (Phi) is 6.10. The van der Waals surface area contributed by atoms with Gasteiger partial charge in [0.2, 0.25) is 0 Å². The summed E-state index contributed by atoms with van der Waals surface area (Å²) < 4.78 is 11.1. The lowest BCUT2D eigenvalue weighted by Crippen LogP contribution is -2.40. The molecule has 29 heavy (non-hydrogen) atoms. The monoisotopic (exact) mass is 400 g/mol. The van der Waals surface area contributed by atoms with Crippen LogP contribution in [0.2, 0.25) is 0 Å². The minimum absolute atomic E-state index is 0.0926. The number of ether oxygens (including phenoxy) is 1. The van der Waals surface area contributed by atoms with Gasteiger partial charge in [-0.2, -0.15) is 0 Å². The highest BCUT2D eigenvalue weighted by molar-refractivity contribution is 5.93. The van der Waals surface area contributed by atoms with Gasteiger partial charge in [0.05, 0.1) is 12.8 Å². The van der Waals surface area contributed by atoms with E-state index in [1.54, 1.807) is 33.0 Å². The lowest BCUT2D eigenvalue weighted by molar-refractivity contribution is 0.0821. The van der Waals surface area contributed by atoms with E-state index in [1.165, 1.54) is 4.90 Å². The van der Waals surface area contributed by atoms with Gasteiger partial charge in [-0.15, -0.1) is 0 Å². The van der Waals surface area contributed by atoms with Crippen molar-refractivity contribution < 1.29 is 18.7 Å². The number of urea groups is 1. The number of hydrogen-bond donors (Lipinski definition) is 1. The van der Waals surface area contributed by atoms with Crippen LogP contribution < -0.4 is 10.1 Å². The summed E-state index contributed by atoms with van der Waals surface area (Å²) in [4.78, 5) is 32.6. The number of benzene rings is 1. The molecule has 1 N–H and O–H groups in total. The summed E-state index contributed by atoms with van der Waals surface area (Å²) in [6.45, 7) is 4.89. The molecule has 3 rings (SSSR count). The SMILES string of the molecule is COc1ccc(C)cc1NC(=O)N1CCC(c2nc(C(=O)N(C)C)c(C)o2)CC1. The molecule has 0 unspecified atom stereocenters. The van der Waals surface area contributed by atoms with Crippen LogP contribution in [0.3, 0.4) is 0 Å². The van der Waals surface area contributed by atoms with Crippen LogP contribution in [0.4, 0.5) is 10.5 Å². The fourth-order valence-corrected chi connectivity index (χ4v) is 3.45. The van der Waals surface area contributed by atoms with Crippen LogP contribution in [0.25, 0.3) is 0 Å². The first-order chi connectivity index (χ1) is 13.8. The minimum Gasteiger partial charge on any atom is -0.495 e. The highest BCUT2D eigenvalue weighted by atomic mass is 16.5. The Hall–Kier alpha value is -3.03. The molecule has 2 aromatic rings. The van der Waals surface area contributed by atoms with Crippen molar-refractivity contribution in [3.05, 3.63) is 41.1 Å². The Labute approximate surface area is 170 Å². The third kappa shape index (κ3) is 4.52. The highest BCUT2D eigenvalue weighted by Gasteiger charge is 2.29. The van der Waals surface area contributed by atoms with Gasteiger partial charge < -0.3 is 24.3 Å². The number of piperidine rings is 1. The van der Waals surface area contributed by atoms with Gasteiger partial charge in [-0.25, -0.2) is 9.78 Å². The van der Waals surface area contributed by atoms with Gasteiger partial charge in [-0.3, -0.25) is 4.79 Å². The van der Waals surface area contributed by atoms with Crippen LogP contribution in [-0.2, 0) is 0 Å². The molecule has 1 fully saturated rings. The molecule has 0 aliphatic carbocycles. The molecule has 0 saturated carbocycles. The van der Waals surface area contributed by atoms with Crippen molar-refractivity contribution in [1.29, 1.82) is 0 Å². The van der Waals surface area contributed by atoms with Gasteiger partial charge in [-0.05, 0) is 44.4 Å². The number of carbonyl (C=O) groups is 2. The zero-order valence-corrected chi connectivity index (χ0v) is 17.6. The zero-order chi connectivity index (χ0) is 21.1. The molecular formula is C21H28N4O4. The number of aryl methyl sites for hydroxylation is 2. The molecule has 1 aromatic carbocycles. The van der Waals surface area contributed by atoms with Crippen LogP contribution in [0, 0.1) is 13.8 Å². The maximum absolute atomic E-state index is 12.7. The van der Waals surface area contributed by atoms with Crippen LogP contribution in [-0.4, -0.2) is 61.0 Å². The standard InChI is InChI=1S/C21H28N4O4/c1-13-6-7-17(28-5)16(12-13)22-21(27)25-10-8-15(9-11-25)19-23-18(14(2)29-19)20(26)24(3)4/h6-7,12,15H,8-11H2,1-5H3,(H,22,27). The first-order valence-electron chi connectivity index (χ1n) is 9.69. The summed E-state index contributed by atoms with van der Waals surface area (Å²) in [7, 11) is 4.96. The summed E-state index contributed by atoms with van der Waals surface area (Å²) in [6, 6.07) is 5.52. The molecule has 1 saturated heterocycles. The van der Waals surface area contributed by atoms with Crippen LogP contribution in [0.5, 0.6) is 5.75 Å². The van der Waals surface area contributed by atoms with E-state index in [9.17, 15) is 9.59 Å². The topological polar surface area (TPSA) is 87.9 Å². The van der Waals surface area contributed by atoms with Gasteiger partial charge in [0.15, 0.2) is 11.6 Å². The number of rotatable bonds is 4. The van der Waals surface area contributed by atoms with Crippen LogP contribution in [0.15, 0.2) is 22.6 Å². The largest absolute Gasteiger partial charge is 0.495 e. The molecule has 0 atom stereocenters. The van der Waals surface area contributed by atoms with Gasteiger partial charge in [-0.1, -0.05) is 6.07 Å². The molecular weight excluding hydrogens is 372 g/mol. The van der Waals surface area contributed by atoms with E-state index < -0.39 is 0 Å². The first-order valence-corrected chi connectivity index (χ1v) is 9.69. The van der Waals surface area contributed by atoms with E-state index in [4.69, 9.17) is 9.15 Å². The van der Waals surface area contributed by atoms with E-state index >= 15 is 0 Å². The highest BCUT2D eigenvalue weighted by Crippen LogP contribution is 2.30. The zero-order valence-electron chi connectivity index (χ0n) is 17.6. The van der Waals surface area contributed by atoms with Crippen molar-refractivity contribution in [2.45, 2.75) is 32.6 Å². The Bertz CT molecular complexity index is 898. The molecule has 1 aromatic heterocycles. The normalized spacial score (nSPS) is 14.6. The van der Waals surface area contributed by atoms with Gasteiger partial charge in [0, 0.05) is 33.1 Å². The van der Waals surface area contributed by atoms with Gasteiger partial charge in [0.25, 0.3) is 5.91 Å². The molecule has 1 aliphatic heterocycles. The average molecular weight is 400 g/mol. The fraction of sp³-hybridized carbons (Fsp3) is 0.476. The molecule has 156 valence electrons. The second-order valence-corrected chi connectivity index (χ2v) is 7.55. The smallest absolute Gasteiger partial charge is 0.321 e. The number of oxazole rings is 1. The van der Waals surface area contributed by atoms with Crippen LogP contribution >= 0.6 is 0 Å². The van der Waals surface area contributed by atoms with Gasteiger partial charge in [0.1, 0.15) is 11.5 Å². The average Bonchev–Trinajstić information content (AvgIpc) is 3.09. The molecule has 1 aliphatic rings. The fourth-order valence-electron chi connectivity index (χ4n) is 3.45. The molecule has 0 radical (unpaired) electrons. The minimum atomic E-state index is -0.165. The third-order valence-electron chi connectivity index (χ3n) is 5.15. The Balaban J connectivity index is 1.62. The molecule has 8 heteroatoms. The van der Waals surface area contributed by atoms with Gasteiger partial charge >= 0.3 is 6.03 Å². The Morgan fingerprint density at radius 1 is 1.24 bits per heavy atom. The van der Waals surface area contributed by atoms with Crippen molar-refractivity contribution in [2.24, 2.45) is 0 Å². The van der Waals surface area contributed by atoms with E-state index in [0.29, 0.717) is 41.9 Å². The number of carbonyl (C=O) groups excluding carboxylic acids is 2. The maximum Gasteiger partial charge on any atom is 0.321 e. The number of anilines is 1. The summed E-state index contributed by atoms with van der Waals surface area (Å²) in [6.07, 6.45) is 1.46. The van der Waals surface area contributed by atoms with E-state index in [2.05, 4.69) is 10.3 Å². The third-order valence-corrected chi connectivity index (χ3v) is 5.15. The lowest BCUT2D eigenvalue weighted by atomic mass is 9.97. The number of nitrogens with zero attached hydrogens (tertiary/aromatic N) is 3. The molecule has 0 bridgehead atoms. The predicted octanol–water partition coefficient (Wildman–Crippen LogP) is 3.41. The second kappa shape index (κ2) is 8.55. The second-order valence-electron chi connectivity index (χ2n) is 7.55. The number of likely N-dealkylation sites (tertiary alicyclic amines) is 1. The van der Waals surface area contributed by atoms with Crippen molar-refractivity contribution in [3.8, 4) is 5.75 Å². The Morgan fingerprint density at radius 2 is 1.93 bits per heavy atom. The molecule has 2 heterocycles. The van der Waals surface area contributed by atoms with Crippen LogP contribution in [0.1, 0.15) is 46.5 Å². The van der Waals surface area contributed by atoms with Crippen molar-refractivity contribution in [2.75, 3.05) is 39.6 Å². The lowest BCUT2D eigenvalue weighted by Gasteiger charge is -2.30. The van der Waals surface area contributed by atoms with E-state index in [0.717, 1.165) is 18.4 Å². The van der Waals surface area contributed by atoms with Crippen molar-refractivity contribution in [1.82, 2.24) is 14.8 Å².